The number of fused-ring (bicyclic) bond motifs is 3. The third kappa shape index (κ3) is 1.75. The molecule has 0 saturated heterocycles. The molecule has 0 spiro atoms. The zero-order valence-electron chi connectivity index (χ0n) is 10.5. The normalized spacial score (nSPS) is 16.2. The van der Waals surface area contributed by atoms with Gasteiger partial charge in [0.2, 0.25) is 0 Å². The largest absolute Gasteiger partial charge is 0.320 e. The number of rotatable bonds is 2. The standard InChI is InChI=1S/C14H15BrN2S/c1-3-14(2,16)13-17-12-8-5-4-6-10(15)9(8)7-11(12)18-13/h4-6H,3,7,16H2,1-2H3. The number of halogens is 1. The van der Waals surface area contributed by atoms with Crippen LogP contribution in [0.15, 0.2) is 22.7 Å². The molecule has 18 heavy (non-hydrogen) atoms. The first-order valence-corrected chi connectivity index (χ1v) is 7.70. The van der Waals surface area contributed by atoms with Gasteiger partial charge in [0, 0.05) is 21.3 Å². The van der Waals surface area contributed by atoms with Gasteiger partial charge in [-0.3, -0.25) is 0 Å². The monoisotopic (exact) mass is 322 g/mol. The molecule has 0 aliphatic heterocycles. The van der Waals surface area contributed by atoms with Crippen LogP contribution in [0, 0.1) is 0 Å². The second-order valence-corrected chi connectivity index (χ2v) is 6.94. The Bertz CT molecular complexity index is 616. The van der Waals surface area contributed by atoms with Gasteiger partial charge >= 0.3 is 0 Å². The van der Waals surface area contributed by atoms with Gasteiger partial charge in [-0.2, -0.15) is 0 Å². The Labute approximate surface area is 119 Å². The molecule has 1 atom stereocenters. The molecule has 0 radical (unpaired) electrons. The van der Waals surface area contributed by atoms with Crippen molar-refractivity contribution in [3.8, 4) is 11.3 Å². The summed E-state index contributed by atoms with van der Waals surface area (Å²) in [5.74, 6) is 0. The van der Waals surface area contributed by atoms with Gasteiger partial charge in [0.05, 0.1) is 11.2 Å². The predicted octanol–water partition coefficient (Wildman–Crippen LogP) is 4.06. The lowest BCUT2D eigenvalue weighted by atomic mass is 10.0. The number of hydrogen-bond acceptors (Lipinski definition) is 3. The molecule has 1 aliphatic rings. The lowest BCUT2D eigenvalue weighted by Gasteiger charge is -2.19. The van der Waals surface area contributed by atoms with Crippen LogP contribution in [-0.2, 0) is 12.0 Å². The van der Waals surface area contributed by atoms with E-state index < -0.39 is 0 Å². The maximum absolute atomic E-state index is 6.29. The minimum Gasteiger partial charge on any atom is -0.320 e. The van der Waals surface area contributed by atoms with Crippen molar-refractivity contribution in [3.63, 3.8) is 0 Å². The van der Waals surface area contributed by atoms with Crippen molar-refractivity contribution >= 4 is 27.3 Å². The van der Waals surface area contributed by atoms with E-state index in [0.29, 0.717) is 0 Å². The van der Waals surface area contributed by atoms with Crippen LogP contribution in [0.25, 0.3) is 11.3 Å². The molecule has 0 saturated carbocycles. The van der Waals surface area contributed by atoms with E-state index in [1.807, 2.05) is 0 Å². The molecule has 2 aromatic rings. The Morgan fingerprint density at radius 3 is 3.00 bits per heavy atom. The van der Waals surface area contributed by atoms with Gasteiger partial charge < -0.3 is 5.73 Å². The SMILES string of the molecule is CCC(C)(N)c1nc2c(s1)Cc1c(Br)cccc1-2. The molecule has 2 N–H and O–H groups in total. The van der Waals surface area contributed by atoms with Crippen molar-refractivity contribution in [2.24, 2.45) is 5.73 Å². The van der Waals surface area contributed by atoms with Crippen molar-refractivity contribution in [1.29, 1.82) is 0 Å². The molecule has 2 nitrogen and oxygen atoms in total. The van der Waals surface area contributed by atoms with E-state index in [2.05, 4.69) is 48.0 Å². The minimum absolute atomic E-state index is 0.304. The zero-order chi connectivity index (χ0) is 12.9. The van der Waals surface area contributed by atoms with E-state index in [0.717, 1.165) is 23.5 Å². The Balaban J connectivity index is 2.12. The van der Waals surface area contributed by atoms with Gasteiger partial charge in [-0.05, 0) is 25.0 Å². The number of hydrogen-bond donors (Lipinski definition) is 1. The second kappa shape index (κ2) is 4.15. The van der Waals surface area contributed by atoms with E-state index in [-0.39, 0.29) is 5.54 Å². The molecule has 1 aromatic heterocycles. The number of benzene rings is 1. The molecule has 4 heteroatoms. The maximum atomic E-state index is 6.29. The Morgan fingerprint density at radius 1 is 1.50 bits per heavy atom. The highest BCUT2D eigenvalue weighted by atomic mass is 79.9. The van der Waals surface area contributed by atoms with Crippen LogP contribution < -0.4 is 5.73 Å². The fraction of sp³-hybridized carbons (Fsp3) is 0.357. The maximum Gasteiger partial charge on any atom is 0.113 e. The highest BCUT2D eigenvalue weighted by Gasteiger charge is 2.30. The van der Waals surface area contributed by atoms with Crippen molar-refractivity contribution in [2.45, 2.75) is 32.2 Å². The van der Waals surface area contributed by atoms with Gasteiger partial charge in [-0.25, -0.2) is 4.98 Å². The average Bonchev–Trinajstić information content (AvgIpc) is 2.88. The van der Waals surface area contributed by atoms with Crippen LogP contribution in [0.3, 0.4) is 0 Å². The molecule has 1 heterocycles. The fourth-order valence-corrected chi connectivity index (χ4v) is 3.92. The topological polar surface area (TPSA) is 38.9 Å². The summed E-state index contributed by atoms with van der Waals surface area (Å²) in [4.78, 5) is 6.13. The van der Waals surface area contributed by atoms with Gasteiger partial charge in [0.1, 0.15) is 5.01 Å². The number of nitrogens with zero attached hydrogens (tertiary/aromatic N) is 1. The lowest BCUT2D eigenvalue weighted by Crippen LogP contribution is -2.31. The first-order chi connectivity index (χ1) is 8.53. The van der Waals surface area contributed by atoms with Crippen molar-refractivity contribution < 1.29 is 0 Å². The van der Waals surface area contributed by atoms with Gasteiger partial charge in [-0.1, -0.05) is 35.0 Å². The highest BCUT2D eigenvalue weighted by Crippen LogP contribution is 2.44. The summed E-state index contributed by atoms with van der Waals surface area (Å²) >= 11 is 5.38. The molecule has 1 aliphatic carbocycles. The highest BCUT2D eigenvalue weighted by molar-refractivity contribution is 9.10. The molecule has 94 valence electrons. The van der Waals surface area contributed by atoms with Crippen LogP contribution in [0.1, 0.15) is 35.7 Å². The average molecular weight is 323 g/mol. The minimum atomic E-state index is -0.304. The Morgan fingerprint density at radius 2 is 2.28 bits per heavy atom. The van der Waals surface area contributed by atoms with E-state index in [1.54, 1.807) is 11.3 Å². The molecular weight excluding hydrogens is 308 g/mol. The third-order valence-corrected chi connectivity index (χ3v) is 5.71. The van der Waals surface area contributed by atoms with Crippen molar-refractivity contribution in [2.75, 3.05) is 0 Å². The van der Waals surface area contributed by atoms with Crippen LogP contribution in [-0.4, -0.2) is 4.98 Å². The van der Waals surface area contributed by atoms with E-state index in [4.69, 9.17) is 10.7 Å². The smallest absolute Gasteiger partial charge is 0.113 e. The summed E-state index contributed by atoms with van der Waals surface area (Å²) in [7, 11) is 0. The zero-order valence-corrected chi connectivity index (χ0v) is 12.9. The summed E-state index contributed by atoms with van der Waals surface area (Å²) < 4.78 is 1.18. The van der Waals surface area contributed by atoms with Crippen LogP contribution >= 0.6 is 27.3 Å². The summed E-state index contributed by atoms with van der Waals surface area (Å²) in [5.41, 5.74) is 9.73. The van der Waals surface area contributed by atoms with Crippen molar-refractivity contribution in [1.82, 2.24) is 4.98 Å². The summed E-state index contributed by atoms with van der Waals surface area (Å²) in [5, 5.41) is 1.06. The second-order valence-electron chi connectivity index (χ2n) is 5.00. The summed E-state index contributed by atoms with van der Waals surface area (Å²) in [6, 6.07) is 6.31. The molecular formula is C14H15BrN2S. The Hall–Kier alpha value is -0.710. The van der Waals surface area contributed by atoms with Crippen molar-refractivity contribution in [3.05, 3.63) is 38.1 Å². The molecule has 0 bridgehead atoms. The third-order valence-electron chi connectivity index (χ3n) is 3.63. The van der Waals surface area contributed by atoms with E-state index in [9.17, 15) is 0 Å². The van der Waals surface area contributed by atoms with Gasteiger partial charge in [0.25, 0.3) is 0 Å². The predicted molar refractivity (Wildman–Crippen MR) is 79.9 cm³/mol. The van der Waals surface area contributed by atoms with Crippen LogP contribution in [0.5, 0.6) is 0 Å². The number of thiazole rings is 1. The van der Waals surface area contributed by atoms with E-state index >= 15 is 0 Å². The Kier molecular flexibility index (Phi) is 2.84. The lowest BCUT2D eigenvalue weighted by molar-refractivity contribution is 0.474. The number of aromatic nitrogens is 1. The molecule has 1 unspecified atom stereocenters. The van der Waals surface area contributed by atoms with Crippen LogP contribution in [0.4, 0.5) is 0 Å². The fourth-order valence-electron chi connectivity index (χ4n) is 2.20. The number of nitrogens with two attached hydrogens (primary N) is 1. The van der Waals surface area contributed by atoms with Gasteiger partial charge in [-0.15, -0.1) is 11.3 Å². The van der Waals surface area contributed by atoms with Gasteiger partial charge in [0.15, 0.2) is 0 Å². The van der Waals surface area contributed by atoms with Crippen LogP contribution in [0.2, 0.25) is 0 Å². The molecule has 0 amide bonds. The molecule has 3 rings (SSSR count). The molecule has 0 fully saturated rings. The quantitative estimate of drug-likeness (QED) is 0.772. The first kappa shape index (κ1) is 12.3. The van der Waals surface area contributed by atoms with E-state index in [1.165, 1.54) is 20.5 Å². The summed E-state index contributed by atoms with van der Waals surface area (Å²) in [6.07, 6.45) is 1.88. The summed E-state index contributed by atoms with van der Waals surface area (Å²) in [6.45, 7) is 4.17. The first-order valence-electron chi connectivity index (χ1n) is 6.09. The molecule has 1 aromatic carbocycles.